The van der Waals surface area contributed by atoms with Crippen molar-refractivity contribution in [1.29, 1.82) is 0 Å². The van der Waals surface area contributed by atoms with E-state index >= 15 is 0 Å². The van der Waals surface area contributed by atoms with Gasteiger partial charge in [-0.05, 0) is 98.9 Å². The Bertz CT molecular complexity index is 809. The molecule has 6 unspecified atom stereocenters. The summed E-state index contributed by atoms with van der Waals surface area (Å²) in [6, 6.07) is 0. The molecule has 6 fully saturated rings. The molecular weight excluding hydrogens is 348 g/mol. The van der Waals surface area contributed by atoms with Crippen LogP contribution < -0.4 is 0 Å². The fourth-order valence-electron chi connectivity index (χ4n) is 9.63. The van der Waals surface area contributed by atoms with E-state index in [4.69, 9.17) is 4.74 Å². The van der Waals surface area contributed by atoms with Crippen LogP contribution in [0.4, 0.5) is 0 Å². The molecule has 6 aliphatic carbocycles. The minimum atomic E-state index is -0.128. The van der Waals surface area contributed by atoms with Crippen molar-refractivity contribution < 1.29 is 14.3 Å². The highest BCUT2D eigenvalue weighted by molar-refractivity contribution is 5.91. The number of ketones is 1. The van der Waals surface area contributed by atoms with E-state index in [1.165, 1.54) is 44.1 Å². The van der Waals surface area contributed by atoms with Gasteiger partial charge < -0.3 is 4.74 Å². The molecule has 0 aromatic carbocycles. The second kappa shape index (κ2) is 5.13. The Morgan fingerprint density at radius 2 is 1.86 bits per heavy atom. The number of esters is 1. The van der Waals surface area contributed by atoms with Crippen LogP contribution in [0.3, 0.4) is 0 Å². The summed E-state index contributed by atoms with van der Waals surface area (Å²) in [7, 11) is 0. The highest BCUT2D eigenvalue weighted by atomic mass is 16.6. The van der Waals surface area contributed by atoms with E-state index in [1.807, 2.05) is 0 Å². The van der Waals surface area contributed by atoms with Gasteiger partial charge in [0.2, 0.25) is 0 Å². The van der Waals surface area contributed by atoms with Gasteiger partial charge in [-0.25, -0.2) is 0 Å². The highest BCUT2D eigenvalue weighted by Crippen LogP contribution is 2.79. The molecule has 1 spiro atoms. The van der Waals surface area contributed by atoms with Gasteiger partial charge in [0.25, 0.3) is 0 Å². The average molecular weight is 381 g/mol. The van der Waals surface area contributed by atoms with Crippen molar-refractivity contribution in [2.45, 2.75) is 76.7 Å². The fraction of sp³-hybridized carbons (Fsp3) is 0.840. The van der Waals surface area contributed by atoms with Crippen molar-refractivity contribution in [1.82, 2.24) is 0 Å². The lowest BCUT2D eigenvalue weighted by molar-refractivity contribution is -0.177. The van der Waals surface area contributed by atoms with Gasteiger partial charge in [-0.2, -0.15) is 0 Å². The maximum atomic E-state index is 12.2. The van der Waals surface area contributed by atoms with E-state index in [2.05, 4.69) is 13.0 Å². The molecule has 7 aliphatic rings. The zero-order valence-corrected chi connectivity index (χ0v) is 17.0. The fourth-order valence-corrected chi connectivity index (χ4v) is 9.63. The Morgan fingerprint density at radius 3 is 2.61 bits per heavy atom. The largest absolute Gasteiger partial charge is 0.458 e. The number of hydrogen-bond acceptors (Lipinski definition) is 3. The molecular formula is C25H32O3. The van der Waals surface area contributed by atoms with Crippen LogP contribution >= 0.6 is 0 Å². The lowest BCUT2D eigenvalue weighted by atomic mass is 9.46. The standard InChI is InChI=1S/C25H32O3/c1-24-8-6-17-16-5-4-15(26)10-14(16)11-18(13-2-3-13)22(17)23(24)19-12-20(19)25(24)9-7-21(27)28-25/h10,13,16-20,22-23H,2-9,11-12H2,1H3/t16-,17?,18?,19?,20?,22?,23?,24-,25-/m0/s1. The second-order valence-corrected chi connectivity index (χ2v) is 11.6. The van der Waals surface area contributed by atoms with Crippen molar-refractivity contribution in [2.75, 3.05) is 0 Å². The zero-order valence-electron chi connectivity index (χ0n) is 17.0. The van der Waals surface area contributed by atoms with E-state index < -0.39 is 0 Å². The van der Waals surface area contributed by atoms with Gasteiger partial charge >= 0.3 is 5.97 Å². The first kappa shape index (κ1) is 16.7. The number of carbonyl (C=O) groups excluding carboxylic acids is 2. The minimum Gasteiger partial charge on any atom is -0.458 e. The van der Waals surface area contributed by atoms with E-state index in [0.29, 0.717) is 24.0 Å². The van der Waals surface area contributed by atoms with Gasteiger partial charge in [0, 0.05) is 24.2 Å². The Balaban J connectivity index is 1.32. The van der Waals surface area contributed by atoms with Crippen LogP contribution in [-0.4, -0.2) is 17.4 Å². The lowest BCUT2D eigenvalue weighted by Crippen LogP contribution is -2.57. The first-order chi connectivity index (χ1) is 13.5. The summed E-state index contributed by atoms with van der Waals surface area (Å²) in [5.74, 6) is 6.60. The van der Waals surface area contributed by atoms with Crippen LogP contribution in [0.2, 0.25) is 0 Å². The van der Waals surface area contributed by atoms with Gasteiger partial charge in [-0.1, -0.05) is 12.5 Å². The number of hydrogen-bond donors (Lipinski definition) is 0. The molecule has 1 heterocycles. The normalized spacial score (nSPS) is 56.5. The first-order valence-corrected chi connectivity index (χ1v) is 12.0. The summed E-state index contributed by atoms with van der Waals surface area (Å²) in [4.78, 5) is 24.3. The minimum absolute atomic E-state index is 0.0630. The maximum Gasteiger partial charge on any atom is 0.306 e. The van der Waals surface area contributed by atoms with E-state index in [-0.39, 0.29) is 17.0 Å². The van der Waals surface area contributed by atoms with Gasteiger partial charge in [0.1, 0.15) is 5.60 Å². The van der Waals surface area contributed by atoms with Gasteiger partial charge in [0.15, 0.2) is 5.78 Å². The van der Waals surface area contributed by atoms with Crippen LogP contribution in [0, 0.1) is 52.8 Å². The summed E-state index contributed by atoms with van der Waals surface area (Å²) in [5, 5.41) is 0. The van der Waals surface area contributed by atoms with Gasteiger partial charge in [-0.15, -0.1) is 0 Å². The molecule has 3 heteroatoms. The topological polar surface area (TPSA) is 43.4 Å². The molecule has 150 valence electrons. The van der Waals surface area contributed by atoms with Crippen molar-refractivity contribution in [3.05, 3.63) is 11.6 Å². The Labute approximate surface area is 167 Å². The van der Waals surface area contributed by atoms with E-state index in [1.54, 1.807) is 0 Å². The van der Waals surface area contributed by atoms with Crippen molar-refractivity contribution in [3.63, 3.8) is 0 Å². The average Bonchev–Trinajstić information content (AvgIpc) is 3.59. The number of fused-ring (bicyclic) bond motifs is 9. The molecule has 9 atom stereocenters. The Kier molecular flexibility index (Phi) is 3.05. The van der Waals surface area contributed by atoms with Crippen LogP contribution in [-0.2, 0) is 14.3 Å². The molecule has 5 saturated carbocycles. The lowest BCUT2D eigenvalue weighted by Gasteiger charge is -2.59. The third-order valence-corrected chi connectivity index (χ3v) is 10.7. The molecule has 1 saturated heterocycles. The van der Waals surface area contributed by atoms with Gasteiger partial charge in [0.05, 0.1) is 0 Å². The zero-order chi connectivity index (χ0) is 18.8. The molecule has 0 bridgehead atoms. The van der Waals surface area contributed by atoms with Crippen LogP contribution in [0.1, 0.15) is 71.1 Å². The SMILES string of the molecule is C[C@]12CCC3C(C(C4CC4)CC4=CC(=O)CC[C@@H]43)C1C1CC1[C@@]21CCC(=O)O1. The Hall–Kier alpha value is -1.12. The number of rotatable bonds is 1. The number of carbonyl (C=O) groups is 2. The van der Waals surface area contributed by atoms with Crippen LogP contribution in [0.15, 0.2) is 11.6 Å². The second-order valence-electron chi connectivity index (χ2n) is 11.6. The molecule has 7 rings (SSSR count). The monoisotopic (exact) mass is 380 g/mol. The summed E-state index contributed by atoms with van der Waals surface area (Å²) >= 11 is 0. The molecule has 0 radical (unpaired) electrons. The summed E-state index contributed by atoms with van der Waals surface area (Å²) in [5.41, 5.74) is 1.59. The first-order valence-electron chi connectivity index (χ1n) is 12.0. The van der Waals surface area contributed by atoms with Crippen LogP contribution in [0.25, 0.3) is 0 Å². The number of ether oxygens (including phenoxy) is 1. The Morgan fingerprint density at radius 1 is 1.00 bits per heavy atom. The molecule has 28 heavy (non-hydrogen) atoms. The summed E-state index contributed by atoms with van der Waals surface area (Å²) < 4.78 is 6.25. The quantitative estimate of drug-likeness (QED) is 0.620. The molecule has 1 aliphatic heterocycles. The maximum absolute atomic E-state index is 12.2. The van der Waals surface area contributed by atoms with Crippen molar-refractivity contribution in [3.8, 4) is 0 Å². The van der Waals surface area contributed by atoms with E-state index in [0.717, 1.165) is 54.8 Å². The predicted octanol–water partition coefficient (Wildman–Crippen LogP) is 4.70. The number of allylic oxidation sites excluding steroid dienone is 1. The summed E-state index contributed by atoms with van der Waals surface area (Å²) in [6.07, 6.45) is 13.4. The molecule has 0 amide bonds. The predicted molar refractivity (Wildman–Crippen MR) is 104 cm³/mol. The van der Waals surface area contributed by atoms with Crippen molar-refractivity contribution in [2.24, 2.45) is 52.8 Å². The summed E-state index contributed by atoms with van der Waals surface area (Å²) in [6.45, 7) is 2.51. The molecule has 0 aromatic heterocycles. The molecule has 0 aromatic rings. The van der Waals surface area contributed by atoms with Crippen molar-refractivity contribution >= 4 is 11.8 Å². The smallest absolute Gasteiger partial charge is 0.306 e. The highest BCUT2D eigenvalue weighted by Gasteiger charge is 2.79. The third kappa shape index (κ3) is 1.88. The van der Waals surface area contributed by atoms with Gasteiger partial charge in [-0.3, -0.25) is 9.59 Å². The van der Waals surface area contributed by atoms with Crippen LogP contribution in [0.5, 0.6) is 0 Å². The third-order valence-electron chi connectivity index (χ3n) is 10.7. The molecule has 3 nitrogen and oxygen atoms in total. The molecule has 0 N–H and O–H groups in total. The van der Waals surface area contributed by atoms with E-state index in [9.17, 15) is 9.59 Å².